The minimum Gasteiger partial charge on any atom is -0.366 e. The Morgan fingerprint density at radius 1 is 1.11 bits per heavy atom. The van der Waals surface area contributed by atoms with Crippen LogP contribution in [0.2, 0.25) is 0 Å². The van der Waals surface area contributed by atoms with Gasteiger partial charge in [-0.25, -0.2) is 4.68 Å². The zero-order chi connectivity index (χ0) is 25.2. The maximum Gasteiger partial charge on any atom is 0.128 e. The second-order valence-electron chi connectivity index (χ2n) is 9.11. The first-order valence-corrected chi connectivity index (χ1v) is 13.2. The maximum absolute atomic E-state index is 4.58. The number of aromatic nitrogens is 3. The standard InChI is InChI=1S/C30H37BrN4/c1-6-11-27(15-9-13-23(3)28-16-8-7-12-22(28)2)24(4)18-30(35-25(5)29(31)21-34-35)33-20-26-14-10-17-32-19-26/h7-8,10,12,14,16-19,21,27,33H,3-4,6,9,11,13,15,20H2,1-2,5H3/b30-18-. The van der Waals surface area contributed by atoms with Crippen LogP contribution in [0.25, 0.3) is 11.4 Å². The van der Waals surface area contributed by atoms with Crippen LogP contribution >= 0.6 is 15.9 Å². The Hall–Kier alpha value is -2.92. The summed E-state index contributed by atoms with van der Waals surface area (Å²) in [7, 11) is 0. The molecule has 2 heterocycles. The van der Waals surface area contributed by atoms with Gasteiger partial charge in [0.05, 0.1) is 16.4 Å². The molecular formula is C30H37BrN4. The van der Waals surface area contributed by atoms with E-state index in [1.165, 1.54) is 16.7 Å². The lowest BCUT2D eigenvalue weighted by atomic mass is 9.88. The van der Waals surface area contributed by atoms with Gasteiger partial charge in [-0.2, -0.15) is 5.10 Å². The first kappa shape index (κ1) is 26.7. The topological polar surface area (TPSA) is 42.7 Å². The number of allylic oxidation sites excluding steroid dienone is 3. The third kappa shape index (κ3) is 7.53. The zero-order valence-corrected chi connectivity index (χ0v) is 22.8. The van der Waals surface area contributed by atoms with E-state index in [0.717, 1.165) is 59.2 Å². The molecule has 0 radical (unpaired) electrons. The summed E-state index contributed by atoms with van der Waals surface area (Å²) >= 11 is 3.59. The molecule has 0 aliphatic heterocycles. The van der Waals surface area contributed by atoms with Crippen molar-refractivity contribution in [3.63, 3.8) is 0 Å². The van der Waals surface area contributed by atoms with Crippen LogP contribution in [0.5, 0.6) is 0 Å². The van der Waals surface area contributed by atoms with Gasteiger partial charge in [0.2, 0.25) is 0 Å². The lowest BCUT2D eigenvalue weighted by molar-refractivity contribution is 0.504. The van der Waals surface area contributed by atoms with E-state index in [1.807, 2.05) is 23.1 Å². The number of pyridine rings is 1. The van der Waals surface area contributed by atoms with Gasteiger partial charge < -0.3 is 5.32 Å². The first-order chi connectivity index (χ1) is 16.9. The SMILES string of the molecule is C=C(CCCC(CCC)C(=C)/C=C(/NCc1cccnc1)n1ncc(Br)c1C)c1ccccc1C. The summed E-state index contributed by atoms with van der Waals surface area (Å²) in [5.41, 5.74) is 7.08. The summed E-state index contributed by atoms with van der Waals surface area (Å²) in [6, 6.07) is 12.5. The van der Waals surface area contributed by atoms with Crippen molar-refractivity contribution >= 4 is 27.3 Å². The molecule has 0 saturated carbocycles. The average molecular weight is 534 g/mol. The molecule has 1 N–H and O–H groups in total. The highest BCUT2D eigenvalue weighted by Gasteiger charge is 2.15. The molecule has 1 aromatic carbocycles. The molecule has 0 spiro atoms. The second kappa shape index (κ2) is 13.2. The van der Waals surface area contributed by atoms with Gasteiger partial charge in [-0.1, -0.05) is 56.8 Å². The van der Waals surface area contributed by atoms with E-state index >= 15 is 0 Å². The summed E-state index contributed by atoms with van der Waals surface area (Å²) in [6.07, 6.45) is 13.1. The Labute approximate surface area is 219 Å². The fraction of sp³-hybridized carbons (Fsp3) is 0.333. The summed E-state index contributed by atoms with van der Waals surface area (Å²) in [5.74, 6) is 1.34. The van der Waals surface area contributed by atoms with Crippen LogP contribution in [0.4, 0.5) is 0 Å². The molecule has 1 atom stereocenters. The number of benzene rings is 1. The van der Waals surface area contributed by atoms with Crippen LogP contribution in [-0.2, 0) is 6.54 Å². The van der Waals surface area contributed by atoms with E-state index in [2.05, 4.69) is 102 Å². The number of hydrogen-bond donors (Lipinski definition) is 1. The number of hydrogen-bond acceptors (Lipinski definition) is 3. The van der Waals surface area contributed by atoms with Gasteiger partial charge in [0.15, 0.2) is 0 Å². The van der Waals surface area contributed by atoms with E-state index in [-0.39, 0.29) is 0 Å². The average Bonchev–Trinajstić information content (AvgIpc) is 3.19. The largest absolute Gasteiger partial charge is 0.366 e. The normalized spacial score (nSPS) is 12.4. The van der Waals surface area contributed by atoms with Crippen molar-refractivity contribution in [2.24, 2.45) is 5.92 Å². The molecule has 0 fully saturated rings. The van der Waals surface area contributed by atoms with Crippen LogP contribution in [-0.4, -0.2) is 14.8 Å². The van der Waals surface area contributed by atoms with Gasteiger partial charge in [0.25, 0.3) is 0 Å². The Balaban J connectivity index is 1.72. The van der Waals surface area contributed by atoms with E-state index < -0.39 is 0 Å². The summed E-state index contributed by atoms with van der Waals surface area (Å²) < 4.78 is 2.92. The minimum atomic E-state index is 0.416. The molecule has 3 aromatic rings. The quantitative estimate of drug-likeness (QED) is 0.226. The molecule has 3 rings (SSSR count). The predicted molar refractivity (Wildman–Crippen MR) is 152 cm³/mol. The van der Waals surface area contributed by atoms with Gasteiger partial charge in [0, 0.05) is 18.9 Å². The molecule has 4 nitrogen and oxygen atoms in total. The predicted octanol–water partition coefficient (Wildman–Crippen LogP) is 8.10. The van der Waals surface area contributed by atoms with Crippen LogP contribution in [0.15, 0.2) is 84.3 Å². The summed E-state index contributed by atoms with van der Waals surface area (Å²) in [5, 5.41) is 8.15. The Kier molecular flexibility index (Phi) is 10.1. The molecule has 35 heavy (non-hydrogen) atoms. The first-order valence-electron chi connectivity index (χ1n) is 12.4. The van der Waals surface area contributed by atoms with Crippen molar-refractivity contribution in [3.05, 3.63) is 107 Å². The molecule has 0 amide bonds. The van der Waals surface area contributed by atoms with Gasteiger partial charge in [0.1, 0.15) is 5.82 Å². The van der Waals surface area contributed by atoms with Crippen molar-refractivity contribution < 1.29 is 0 Å². The van der Waals surface area contributed by atoms with Crippen molar-refractivity contribution in [3.8, 4) is 0 Å². The minimum absolute atomic E-state index is 0.416. The maximum atomic E-state index is 4.58. The van der Waals surface area contributed by atoms with Gasteiger partial charge in [-0.3, -0.25) is 4.98 Å². The van der Waals surface area contributed by atoms with Crippen LogP contribution in [0, 0.1) is 19.8 Å². The highest BCUT2D eigenvalue weighted by molar-refractivity contribution is 9.10. The van der Waals surface area contributed by atoms with Gasteiger partial charge in [-0.05, 0) is 101 Å². The summed E-state index contributed by atoms with van der Waals surface area (Å²) in [4.78, 5) is 4.23. The third-order valence-corrected chi connectivity index (χ3v) is 7.19. The molecular weight excluding hydrogens is 496 g/mol. The highest BCUT2D eigenvalue weighted by atomic mass is 79.9. The summed E-state index contributed by atoms with van der Waals surface area (Å²) in [6.45, 7) is 16.0. The molecule has 0 saturated heterocycles. The second-order valence-corrected chi connectivity index (χ2v) is 9.96. The lowest BCUT2D eigenvalue weighted by Crippen LogP contribution is -2.20. The van der Waals surface area contributed by atoms with Crippen LogP contribution < -0.4 is 5.32 Å². The van der Waals surface area contributed by atoms with E-state index in [4.69, 9.17) is 0 Å². The van der Waals surface area contributed by atoms with E-state index in [1.54, 1.807) is 6.20 Å². The Morgan fingerprint density at radius 2 is 1.91 bits per heavy atom. The fourth-order valence-electron chi connectivity index (χ4n) is 4.34. The highest BCUT2D eigenvalue weighted by Crippen LogP contribution is 2.29. The number of aryl methyl sites for hydroxylation is 1. The molecule has 0 aliphatic rings. The Bertz CT molecular complexity index is 1160. The zero-order valence-electron chi connectivity index (χ0n) is 21.2. The van der Waals surface area contributed by atoms with Crippen molar-refractivity contribution in [1.29, 1.82) is 0 Å². The molecule has 0 aliphatic carbocycles. The van der Waals surface area contributed by atoms with Crippen LogP contribution in [0.3, 0.4) is 0 Å². The number of nitrogens with one attached hydrogen (secondary N) is 1. The smallest absolute Gasteiger partial charge is 0.128 e. The number of nitrogens with zero attached hydrogens (tertiary/aromatic N) is 3. The molecule has 1 unspecified atom stereocenters. The lowest BCUT2D eigenvalue weighted by Gasteiger charge is -2.20. The molecule has 2 aromatic heterocycles. The van der Waals surface area contributed by atoms with Crippen LogP contribution in [0.1, 0.15) is 61.4 Å². The van der Waals surface area contributed by atoms with Crippen molar-refractivity contribution in [2.75, 3.05) is 0 Å². The van der Waals surface area contributed by atoms with Gasteiger partial charge in [-0.15, -0.1) is 0 Å². The molecule has 0 bridgehead atoms. The van der Waals surface area contributed by atoms with Crippen molar-refractivity contribution in [1.82, 2.24) is 20.1 Å². The van der Waals surface area contributed by atoms with Gasteiger partial charge >= 0.3 is 0 Å². The monoisotopic (exact) mass is 532 g/mol. The van der Waals surface area contributed by atoms with E-state index in [0.29, 0.717) is 12.5 Å². The Morgan fingerprint density at radius 3 is 2.57 bits per heavy atom. The molecule has 184 valence electrons. The van der Waals surface area contributed by atoms with Crippen molar-refractivity contribution in [2.45, 2.75) is 59.4 Å². The molecule has 5 heteroatoms. The van der Waals surface area contributed by atoms with E-state index in [9.17, 15) is 0 Å². The third-order valence-electron chi connectivity index (χ3n) is 6.42. The fourth-order valence-corrected chi connectivity index (χ4v) is 4.60. The number of rotatable bonds is 13. The number of halogens is 1.